The van der Waals surface area contributed by atoms with Crippen LogP contribution in [0.15, 0.2) is 79.0 Å². The molecule has 1 heterocycles. The number of nitrogens with one attached hydrogen (secondary N) is 2. The summed E-state index contributed by atoms with van der Waals surface area (Å²) in [5.41, 5.74) is 4.12. The molecule has 0 aliphatic carbocycles. The van der Waals surface area contributed by atoms with Crippen LogP contribution in [-0.4, -0.2) is 35.8 Å². The van der Waals surface area contributed by atoms with Crippen LogP contribution in [0.5, 0.6) is 11.5 Å². The molecule has 0 aliphatic heterocycles. The fraction of sp³-hybridized carbons (Fsp3) is 0.222. The molecule has 1 aromatic heterocycles. The van der Waals surface area contributed by atoms with Crippen molar-refractivity contribution in [3.8, 4) is 11.5 Å². The molecule has 0 aliphatic rings. The van der Waals surface area contributed by atoms with Crippen molar-refractivity contribution in [3.63, 3.8) is 0 Å². The summed E-state index contributed by atoms with van der Waals surface area (Å²) in [5, 5.41) is 14.0. The first-order valence-electron chi connectivity index (χ1n) is 11.0. The van der Waals surface area contributed by atoms with E-state index in [1.165, 1.54) is 5.56 Å². The van der Waals surface area contributed by atoms with Crippen LogP contribution in [0.3, 0.4) is 0 Å². The molecule has 6 nitrogen and oxygen atoms in total. The predicted octanol–water partition coefficient (Wildman–Crippen LogP) is 4.58. The maximum absolute atomic E-state index is 11.9. The number of carboxylic acids is 1. The quantitative estimate of drug-likeness (QED) is 0.315. The molecule has 4 rings (SSSR count). The van der Waals surface area contributed by atoms with Gasteiger partial charge < -0.3 is 24.9 Å². The zero-order chi connectivity index (χ0) is 23.0. The van der Waals surface area contributed by atoms with Gasteiger partial charge in [-0.25, -0.2) is 0 Å². The van der Waals surface area contributed by atoms with E-state index >= 15 is 0 Å². The fourth-order valence-corrected chi connectivity index (χ4v) is 3.87. The van der Waals surface area contributed by atoms with E-state index < -0.39 is 12.0 Å². The van der Waals surface area contributed by atoms with Crippen molar-refractivity contribution < 1.29 is 19.4 Å². The number of aromatic amines is 1. The van der Waals surface area contributed by atoms with E-state index in [4.69, 9.17) is 9.47 Å². The van der Waals surface area contributed by atoms with Gasteiger partial charge in [0.05, 0.1) is 13.7 Å². The van der Waals surface area contributed by atoms with Crippen LogP contribution in [0.4, 0.5) is 0 Å². The van der Waals surface area contributed by atoms with Crippen molar-refractivity contribution in [2.75, 3.05) is 13.7 Å². The molecule has 0 radical (unpaired) electrons. The van der Waals surface area contributed by atoms with Crippen molar-refractivity contribution in [3.05, 3.63) is 95.7 Å². The molecule has 170 valence electrons. The molecule has 0 saturated carbocycles. The molecule has 0 saturated heterocycles. The van der Waals surface area contributed by atoms with Gasteiger partial charge in [-0.05, 0) is 34.9 Å². The summed E-state index contributed by atoms with van der Waals surface area (Å²) in [7, 11) is 1.60. The summed E-state index contributed by atoms with van der Waals surface area (Å²) >= 11 is 0. The van der Waals surface area contributed by atoms with Crippen LogP contribution >= 0.6 is 0 Å². The van der Waals surface area contributed by atoms with Crippen molar-refractivity contribution in [1.82, 2.24) is 10.3 Å². The average molecular weight is 445 g/mol. The topological polar surface area (TPSA) is 83.6 Å². The summed E-state index contributed by atoms with van der Waals surface area (Å²) in [4.78, 5) is 15.1. The third-order valence-corrected chi connectivity index (χ3v) is 5.67. The molecule has 0 spiro atoms. The van der Waals surface area contributed by atoms with Crippen molar-refractivity contribution in [1.29, 1.82) is 0 Å². The minimum Gasteiger partial charge on any atom is -0.493 e. The summed E-state index contributed by atoms with van der Waals surface area (Å²) in [6, 6.07) is 23.0. The number of ether oxygens (including phenoxy) is 2. The summed E-state index contributed by atoms with van der Waals surface area (Å²) in [6.45, 7) is 0.948. The smallest absolute Gasteiger partial charge is 0.321 e. The first-order chi connectivity index (χ1) is 16.1. The largest absolute Gasteiger partial charge is 0.493 e. The number of hydrogen-bond donors (Lipinski definition) is 3. The highest BCUT2D eigenvalue weighted by Gasteiger charge is 2.19. The van der Waals surface area contributed by atoms with Crippen LogP contribution < -0.4 is 14.8 Å². The lowest BCUT2D eigenvalue weighted by Crippen LogP contribution is -2.38. The number of carbonyl (C=O) groups is 1. The molecule has 0 amide bonds. The van der Waals surface area contributed by atoms with Gasteiger partial charge in [-0.1, -0.05) is 54.6 Å². The van der Waals surface area contributed by atoms with Crippen LogP contribution in [0.25, 0.3) is 10.9 Å². The van der Waals surface area contributed by atoms with Crippen LogP contribution in [0.1, 0.15) is 16.7 Å². The standard InChI is InChI=1S/C27H28N2O4/c1-32-26-15-20(11-12-25(26)33-14-13-19-7-3-2-4-8-19)17-28-24(27(30)31)16-21-18-29-23-10-6-5-9-22(21)23/h2-12,15,18,24,28-29H,13-14,16-17H2,1H3,(H,30,31)/t24-/m0/s1. The number of hydrogen-bond acceptors (Lipinski definition) is 4. The van der Waals surface area contributed by atoms with Gasteiger partial charge in [-0.3, -0.25) is 4.79 Å². The van der Waals surface area contributed by atoms with Gasteiger partial charge in [0, 0.05) is 36.5 Å². The number of H-pyrrole nitrogens is 1. The first kappa shape index (κ1) is 22.4. The zero-order valence-electron chi connectivity index (χ0n) is 18.6. The molecule has 0 bridgehead atoms. The van der Waals surface area contributed by atoms with E-state index in [1.54, 1.807) is 7.11 Å². The van der Waals surface area contributed by atoms with Gasteiger partial charge in [0.2, 0.25) is 0 Å². The second-order valence-corrected chi connectivity index (χ2v) is 7.90. The Balaban J connectivity index is 1.37. The summed E-state index contributed by atoms with van der Waals surface area (Å²) in [5.74, 6) is 0.421. The second-order valence-electron chi connectivity index (χ2n) is 7.90. The van der Waals surface area contributed by atoms with Crippen molar-refractivity contribution >= 4 is 16.9 Å². The Bertz CT molecular complexity index is 1200. The van der Waals surface area contributed by atoms with Gasteiger partial charge in [0.25, 0.3) is 0 Å². The minimum absolute atomic E-state index is 0.386. The average Bonchev–Trinajstić information content (AvgIpc) is 3.25. The Kier molecular flexibility index (Phi) is 7.27. The Morgan fingerprint density at radius 1 is 1.00 bits per heavy atom. The molecule has 0 fully saturated rings. The second kappa shape index (κ2) is 10.7. The number of aliphatic carboxylic acids is 1. The maximum Gasteiger partial charge on any atom is 0.321 e. The Morgan fingerprint density at radius 2 is 1.79 bits per heavy atom. The number of benzene rings is 3. The lowest BCUT2D eigenvalue weighted by Gasteiger charge is -2.16. The Labute approximate surface area is 193 Å². The van der Waals surface area contributed by atoms with E-state index in [1.807, 2.05) is 66.9 Å². The lowest BCUT2D eigenvalue weighted by molar-refractivity contribution is -0.139. The summed E-state index contributed by atoms with van der Waals surface area (Å²) < 4.78 is 11.4. The predicted molar refractivity (Wildman–Crippen MR) is 129 cm³/mol. The molecular weight excluding hydrogens is 416 g/mol. The molecule has 4 aromatic rings. The van der Waals surface area contributed by atoms with Crippen molar-refractivity contribution in [2.45, 2.75) is 25.4 Å². The number of fused-ring (bicyclic) bond motifs is 1. The van der Waals surface area contributed by atoms with E-state index in [9.17, 15) is 9.90 Å². The Morgan fingerprint density at radius 3 is 2.58 bits per heavy atom. The first-order valence-corrected chi connectivity index (χ1v) is 11.0. The number of rotatable bonds is 11. The van der Waals surface area contributed by atoms with Crippen LogP contribution in [0.2, 0.25) is 0 Å². The highest BCUT2D eigenvalue weighted by atomic mass is 16.5. The Hall–Kier alpha value is -3.77. The normalized spacial score (nSPS) is 11.9. The van der Waals surface area contributed by atoms with Gasteiger partial charge in [-0.2, -0.15) is 0 Å². The molecule has 3 aromatic carbocycles. The molecule has 1 atom stereocenters. The fourth-order valence-electron chi connectivity index (χ4n) is 3.87. The van der Waals surface area contributed by atoms with Crippen LogP contribution in [-0.2, 0) is 24.2 Å². The highest BCUT2D eigenvalue weighted by molar-refractivity contribution is 5.84. The van der Waals surface area contributed by atoms with Gasteiger partial charge in [-0.15, -0.1) is 0 Å². The molecule has 6 heteroatoms. The van der Waals surface area contributed by atoms with E-state index in [0.29, 0.717) is 31.1 Å². The van der Waals surface area contributed by atoms with E-state index in [-0.39, 0.29) is 0 Å². The summed E-state index contributed by atoms with van der Waals surface area (Å²) in [6.07, 6.45) is 3.07. The van der Waals surface area contributed by atoms with Gasteiger partial charge in [0.1, 0.15) is 6.04 Å². The highest BCUT2D eigenvalue weighted by Crippen LogP contribution is 2.28. The number of methoxy groups -OCH3 is 1. The SMILES string of the molecule is COc1cc(CN[C@@H](Cc2c[nH]c3ccccc23)C(=O)O)ccc1OCCc1ccccc1. The maximum atomic E-state index is 11.9. The monoisotopic (exact) mass is 444 g/mol. The number of carboxylic acid groups (broad SMARTS) is 1. The van der Waals surface area contributed by atoms with Crippen molar-refractivity contribution in [2.24, 2.45) is 0 Å². The molecule has 0 unspecified atom stereocenters. The number of aromatic nitrogens is 1. The minimum atomic E-state index is -0.881. The van der Waals surface area contributed by atoms with E-state index in [0.717, 1.165) is 28.5 Å². The van der Waals surface area contributed by atoms with Gasteiger partial charge in [0.15, 0.2) is 11.5 Å². The number of para-hydroxylation sites is 1. The molecule has 33 heavy (non-hydrogen) atoms. The van der Waals surface area contributed by atoms with Gasteiger partial charge >= 0.3 is 5.97 Å². The lowest BCUT2D eigenvalue weighted by atomic mass is 10.0. The zero-order valence-corrected chi connectivity index (χ0v) is 18.6. The third kappa shape index (κ3) is 5.73. The third-order valence-electron chi connectivity index (χ3n) is 5.67. The molecular formula is C27H28N2O4. The molecule has 3 N–H and O–H groups in total. The van der Waals surface area contributed by atoms with Crippen LogP contribution in [0, 0.1) is 0 Å². The van der Waals surface area contributed by atoms with E-state index in [2.05, 4.69) is 22.4 Å².